The van der Waals surface area contributed by atoms with Crippen molar-refractivity contribution in [3.8, 4) is 11.6 Å². The molecule has 1 aromatic heterocycles. The average Bonchev–Trinajstić information content (AvgIpc) is 3.11. The number of pyridine rings is 1. The molecule has 0 saturated carbocycles. The van der Waals surface area contributed by atoms with Crippen LogP contribution in [-0.2, 0) is 19.8 Å². The van der Waals surface area contributed by atoms with Gasteiger partial charge in [0, 0.05) is 13.0 Å². The maximum atomic E-state index is 13.9. The van der Waals surface area contributed by atoms with E-state index in [-0.39, 0.29) is 36.8 Å². The molecule has 0 radical (unpaired) electrons. The van der Waals surface area contributed by atoms with Crippen LogP contribution in [0.5, 0.6) is 11.6 Å². The van der Waals surface area contributed by atoms with Gasteiger partial charge in [-0.25, -0.2) is 9.37 Å². The number of halogens is 4. The summed E-state index contributed by atoms with van der Waals surface area (Å²) in [5.74, 6) is -1.14. The summed E-state index contributed by atoms with van der Waals surface area (Å²) in [6.45, 7) is -3.55. The first-order chi connectivity index (χ1) is 16.9. The van der Waals surface area contributed by atoms with Gasteiger partial charge in [0.05, 0.1) is 23.0 Å². The number of nitrogens with zero attached hydrogens (tertiary/aromatic N) is 2. The van der Waals surface area contributed by atoms with E-state index in [1.807, 2.05) is 0 Å². The van der Waals surface area contributed by atoms with Gasteiger partial charge in [-0.05, 0) is 29.8 Å². The van der Waals surface area contributed by atoms with E-state index < -0.39 is 49.8 Å². The van der Waals surface area contributed by atoms with E-state index >= 15 is 0 Å². The maximum Gasteiger partial charge on any atom is 0.522 e. The number of aromatic nitrogens is 1. The van der Waals surface area contributed by atoms with Crippen molar-refractivity contribution in [2.45, 2.75) is 24.5 Å². The molecule has 8 nitrogen and oxygen atoms in total. The molecule has 3 heterocycles. The summed E-state index contributed by atoms with van der Waals surface area (Å²) in [5.41, 5.74) is -0.924. The number of carbonyl (C=O) groups excluding carboxylic acids is 1. The smallest absolute Gasteiger partial charge is 0.486 e. The highest BCUT2D eigenvalue weighted by Crippen LogP contribution is 2.43. The Labute approximate surface area is 195 Å². The minimum Gasteiger partial charge on any atom is -0.486 e. The zero-order chi connectivity index (χ0) is 26.1. The number of hydrogen-bond donors (Lipinski definition) is 0. The first-order valence-corrected chi connectivity index (χ1v) is 10.2. The predicted octanol–water partition coefficient (Wildman–Crippen LogP) is 3.26. The van der Waals surface area contributed by atoms with E-state index in [0.29, 0.717) is 5.56 Å². The first-order valence-electron chi connectivity index (χ1n) is 11.2. The Hall–Kier alpha value is -2.96. The summed E-state index contributed by atoms with van der Waals surface area (Å²) in [5, 5.41) is 0. The molecule has 2 atom stereocenters. The molecule has 1 amide bonds. The van der Waals surface area contributed by atoms with E-state index in [4.69, 9.17) is 21.7 Å². The minimum atomic E-state index is -4.78. The van der Waals surface area contributed by atoms with Crippen LogP contribution in [0.15, 0.2) is 36.4 Å². The summed E-state index contributed by atoms with van der Waals surface area (Å²) in [6.07, 6.45) is -5.58. The van der Waals surface area contributed by atoms with E-state index in [1.165, 1.54) is 42.3 Å². The average molecular weight is 488 g/mol. The molecule has 0 aliphatic carbocycles. The number of likely N-dealkylation sites (tertiary alicyclic amines) is 1. The zero-order valence-electron chi connectivity index (χ0n) is 19.9. The van der Waals surface area contributed by atoms with Crippen molar-refractivity contribution < 1.29 is 48.8 Å². The number of carbonyl (C=O) groups is 1. The van der Waals surface area contributed by atoms with Crippen LogP contribution < -0.4 is 9.47 Å². The van der Waals surface area contributed by atoms with Gasteiger partial charge in [0.15, 0.2) is 5.75 Å². The first kappa shape index (κ1) is 21.6. The molecule has 2 fully saturated rings. The highest BCUT2D eigenvalue weighted by Gasteiger charge is 2.51. The molecule has 2 aliphatic rings. The molecular formula is C22H22F4N2O6. The highest BCUT2D eigenvalue weighted by atomic mass is 19.4. The summed E-state index contributed by atoms with van der Waals surface area (Å²) in [7, 11) is 1.26. The number of hydrogen-bond acceptors (Lipinski definition) is 7. The van der Waals surface area contributed by atoms with Crippen LogP contribution in [0.4, 0.5) is 17.6 Å². The lowest BCUT2D eigenvalue weighted by atomic mass is 9.82. The second-order valence-corrected chi connectivity index (χ2v) is 7.54. The maximum absolute atomic E-state index is 13.9. The Morgan fingerprint density at radius 1 is 1.32 bits per heavy atom. The van der Waals surface area contributed by atoms with Crippen LogP contribution in [0.2, 0.25) is 0 Å². The lowest BCUT2D eigenvalue weighted by Gasteiger charge is -2.41. The SMILES string of the molecule is [2H]C1([2H])O[C@@H]2CN(C(=O)c3ccc(OCCOC(F)(F)F)c(OC)n3)CC[C@]2(c2cccc(F)c2)O1. The molecule has 0 N–H and O–H groups in total. The van der Waals surface area contributed by atoms with Gasteiger partial charge in [0.25, 0.3) is 11.8 Å². The summed E-state index contributed by atoms with van der Waals surface area (Å²) in [6, 6.07) is 8.27. The lowest BCUT2D eigenvalue weighted by Crippen LogP contribution is -2.53. The highest BCUT2D eigenvalue weighted by molar-refractivity contribution is 5.92. The fourth-order valence-electron chi connectivity index (χ4n) is 3.91. The van der Waals surface area contributed by atoms with Gasteiger partial charge in [-0.15, -0.1) is 13.2 Å². The molecular weight excluding hydrogens is 464 g/mol. The second kappa shape index (κ2) is 9.72. The second-order valence-electron chi connectivity index (χ2n) is 7.54. The zero-order valence-corrected chi connectivity index (χ0v) is 17.9. The van der Waals surface area contributed by atoms with Gasteiger partial charge < -0.3 is 23.8 Å². The fourth-order valence-corrected chi connectivity index (χ4v) is 3.91. The number of amides is 1. The van der Waals surface area contributed by atoms with Crippen molar-refractivity contribution >= 4 is 5.91 Å². The van der Waals surface area contributed by atoms with Crippen LogP contribution in [0, 0.1) is 5.82 Å². The van der Waals surface area contributed by atoms with Crippen LogP contribution >= 0.6 is 0 Å². The van der Waals surface area contributed by atoms with E-state index in [1.54, 1.807) is 6.07 Å². The number of piperidine rings is 1. The molecule has 0 bridgehead atoms. The Morgan fingerprint density at radius 3 is 2.88 bits per heavy atom. The number of rotatable bonds is 7. The van der Waals surface area contributed by atoms with Crippen LogP contribution in [-0.4, -0.2) is 68.4 Å². The number of alkyl halides is 3. The Balaban J connectivity index is 1.48. The molecule has 2 saturated heterocycles. The molecule has 0 unspecified atom stereocenters. The van der Waals surface area contributed by atoms with Crippen molar-refractivity contribution in [1.29, 1.82) is 0 Å². The van der Waals surface area contributed by atoms with E-state index in [2.05, 4.69) is 9.72 Å². The number of benzene rings is 1. The van der Waals surface area contributed by atoms with Gasteiger partial charge in [-0.1, -0.05) is 12.1 Å². The summed E-state index contributed by atoms with van der Waals surface area (Å²) < 4.78 is 91.1. The molecule has 1 aromatic carbocycles. The molecule has 2 aromatic rings. The monoisotopic (exact) mass is 488 g/mol. The predicted molar refractivity (Wildman–Crippen MR) is 108 cm³/mol. The Kier molecular flexibility index (Phi) is 6.17. The third-order valence-corrected chi connectivity index (χ3v) is 5.52. The molecule has 184 valence electrons. The quantitative estimate of drug-likeness (QED) is 0.437. The normalized spacial score (nSPS) is 24.7. The molecule has 12 heteroatoms. The van der Waals surface area contributed by atoms with Crippen LogP contribution in [0.1, 0.15) is 25.2 Å². The lowest BCUT2D eigenvalue weighted by molar-refractivity contribution is -0.325. The Bertz CT molecular complexity index is 1120. The summed E-state index contributed by atoms with van der Waals surface area (Å²) in [4.78, 5) is 18.7. The minimum absolute atomic E-state index is 0.0179. The third-order valence-electron chi connectivity index (χ3n) is 5.52. The van der Waals surface area contributed by atoms with Crippen molar-refractivity contribution in [3.05, 3.63) is 53.5 Å². The third kappa shape index (κ3) is 5.08. The van der Waals surface area contributed by atoms with Crippen LogP contribution in [0.3, 0.4) is 0 Å². The van der Waals surface area contributed by atoms with Gasteiger partial charge in [0.1, 0.15) is 36.6 Å². The van der Waals surface area contributed by atoms with Crippen molar-refractivity contribution in [2.75, 3.05) is 40.2 Å². The summed E-state index contributed by atoms with van der Waals surface area (Å²) >= 11 is 0. The van der Waals surface area contributed by atoms with Crippen molar-refractivity contribution in [1.82, 2.24) is 9.88 Å². The van der Waals surface area contributed by atoms with Crippen molar-refractivity contribution in [2.24, 2.45) is 0 Å². The van der Waals surface area contributed by atoms with E-state index in [9.17, 15) is 22.4 Å². The van der Waals surface area contributed by atoms with Gasteiger partial charge in [-0.2, -0.15) is 0 Å². The number of methoxy groups -OCH3 is 1. The van der Waals surface area contributed by atoms with E-state index in [0.717, 1.165) is 0 Å². The molecule has 2 aliphatic heterocycles. The van der Waals surface area contributed by atoms with Gasteiger partial charge in [-0.3, -0.25) is 9.53 Å². The van der Waals surface area contributed by atoms with Crippen LogP contribution in [0.25, 0.3) is 0 Å². The molecule has 4 rings (SSSR count). The molecule has 34 heavy (non-hydrogen) atoms. The molecule has 0 spiro atoms. The topological polar surface area (TPSA) is 79.4 Å². The van der Waals surface area contributed by atoms with Gasteiger partial charge >= 0.3 is 6.36 Å². The standard InChI is InChI=1S/C22H22F4N2O6/c1-30-19-17(31-9-10-33-22(24,25)26)6-5-16(27-19)20(29)28-8-7-21(18(12-28)32-13-34-21)14-3-2-4-15(23)11-14/h2-6,11,18H,7-10,12-13H2,1H3/t18-,21-/m1/s1/i13D2. The number of fused-ring (bicyclic) bond motifs is 1. The number of ether oxygens (including phenoxy) is 5. The van der Waals surface area contributed by atoms with Gasteiger partial charge in [0.2, 0.25) is 0 Å². The Morgan fingerprint density at radius 2 is 2.15 bits per heavy atom. The van der Waals surface area contributed by atoms with Crippen molar-refractivity contribution in [3.63, 3.8) is 0 Å². The largest absolute Gasteiger partial charge is 0.522 e. The fraction of sp³-hybridized carbons (Fsp3) is 0.455.